The van der Waals surface area contributed by atoms with Crippen LogP contribution in [0, 0.1) is 11.8 Å². The van der Waals surface area contributed by atoms with E-state index < -0.39 is 66.2 Å². The molecule has 14 heteroatoms. The molecule has 0 fully saturated rings. The van der Waals surface area contributed by atoms with Gasteiger partial charge in [0, 0.05) is 13.0 Å². The van der Waals surface area contributed by atoms with E-state index in [4.69, 9.17) is 22.3 Å². The molecule has 36 heavy (non-hydrogen) atoms. The van der Waals surface area contributed by atoms with Crippen LogP contribution in [0.5, 0.6) is 0 Å². The standard InChI is InChI=1S/C22H41N7O7/c1-5-12(4)16(23)19(33)27-13(7-6-10-26-22(24)25)18(32)29-17(11(2)3)20(34)28-14(21(35)36)8-9-15(30)31/h11-14,16-17H,5-10,23H2,1-4H3,(H,27,33)(H,28,34)(H,29,32)(H,30,31)(H,35,36)(H4,24,25,26). The number of rotatable bonds is 17. The molecule has 3 amide bonds. The quantitative estimate of drug-likeness (QED) is 0.0630. The average Bonchev–Trinajstić information content (AvgIpc) is 2.79. The van der Waals surface area contributed by atoms with Crippen molar-refractivity contribution < 1.29 is 34.2 Å². The highest BCUT2D eigenvalue weighted by Crippen LogP contribution is 2.09. The summed E-state index contributed by atoms with van der Waals surface area (Å²) >= 11 is 0. The third kappa shape index (κ3) is 12.3. The van der Waals surface area contributed by atoms with Crippen LogP contribution in [-0.2, 0) is 24.0 Å². The van der Waals surface area contributed by atoms with Crippen molar-refractivity contribution in [3.8, 4) is 0 Å². The first-order valence-electron chi connectivity index (χ1n) is 11.9. The number of carboxylic acid groups (broad SMARTS) is 2. The van der Waals surface area contributed by atoms with Gasteiger partial charge in [-0.3, -0.25) is 24.2 Å². The van der Waals surface area contributed by atoms with Crippen LogP contribution in [0.1, 0.15) is 59.8 Å². The monoisotopic (exact) mass is 515 g/mol. The van der Waals surface area contributed by atoms with Crippen molar-refractivity contribution in [2.75, 3.05) is 6.54 Å². The molecule has 0 aromatic rings. The number of carbonyl (C=O) groups is 5. The fraction of sp³-hybridized carbons (Fsp3) is 0.727. The van der Waals surface area contributed by atoms with Crippen LogP contribution in [0.4, 0.5) is 0 Å². The summed E-state index contributed by atoms with van der Waals surface area (Å²) in [5.74, 6) is -5.32. The number of nitrogens with zero attached hydrogens (tertiary/aromatic N) is 1. The highest BCUT2D eigenvalue weighted by molar-refractivity contribution is 5.94. The summed E-state index contributed by atoms with van der Waals surface area (Å²) in [4.78, 5) is 64.6. The molecule has 11 N–H and O–H groups in total. The van der Waals surface area contributed by atoms with Gasteiger partial charge < -0.3 is 43.4 Å². The van der Waals surface area contributed by atoms with Crippen molar-refractivity contribution in [2.24, 2.45) is 34.0 Å². The first kappa shape index (κ1) is 32.6. The summed E-state index contributed by atoms with van der Waals surface area (Å²) in [5, 5.41) is 25.6. The molecule has 0 saturated heterocycles. The number of aliphatic imine (C=N–C) groups is 1. The van der Waals surface area contributed by atoms with E-state index in [2.05, 4.69) is 20.9 Å². The second-order valence-electron chi connectivity index (χ2n) is 8.98. The van der Waals surface area contributed by atoms with Gasteiger partial charge in [-0.1, -0.05) is 34.1 Å². The Balaban J connectivity index is 5.57. The maximum absolute atomic E-state index is 13.1. The van der Waals surface area contributed by atoms with Gasteiger partial charge in [0.25, 0.3) is 0 Å². The van der Waals surface area contributed by atoms with Crippen LogP contribution in [0.3, 0.4) is 0 Å². The summed E-state index contributed by atoms with van der Waals surface area (Å²) in [7, 11) is 0. The lowest BCUT2D eigenvalue weighted by Gasteiger charge is -2.27. The molecule has 0 spiro atoms. The summed E-state index contributed by atoms with van der Waals surface area (Å²) in [5.41, 5.74) is 16.6. The zero-order valence-electron chi connectivity index (χ0n) is 21.3. The largest absolute Gasteiger partial charge is 0.481 e. The predicted molar refractivity (Wildman–Crippen MR) is 132 cm³/mol. The predicted octanol–water partition coefficient (Wildman–Crippen LogP) is -1.53. The topological polar surface area (TPSA) is 252 Å². The number of carbonyl (C=O) groups excluding carboxylic acids is 3. The second kappa shape index (κ2) is 16.3. The lowest BCUT2D eigenvalue weighted by Crippen LogP contribution is -2.58. The maximum atomic E-state index is 13.1. The minimum atomic E-state index is -1.45. The number of nitrogens with one attached hydrogen (secondary N) is 3. The summed E-state index contributed by atoms with van der Waals surface area (Å²) < 4.78 is 0. The first-order valence-corrected chi connectivity index (χ1v) is 11.9. The van der Waals surface area contributed by atoms with Gasteiger partial charge >= 0.3 is 11.9 Å². The van der Waals surface area contributed by atoms with Gasteiger partial charge in [-0.15, -0.1) is 0 Å². The van der Waals surface area contributed by atoms with Gasteiger partial charge in [-0.2, -0.15) is 0 Å². The molecule has 206 valence electrons. The van der Waals surface area contributed by atoms with Crippen LogP contribution in [0.2, 0.25) is 0 Å². The number of amides is 3. The normalized spacial score (nSPS) is 15.1. The molecule has 5 unspecified atom stereocenters. The lowest BCUT2D eigenvalue weighted by atomic mass is 9.98. The van der Waals surface area contributed by atoms with Crippen molar-refractivity contribution in [3.63, 3.8) is 0 Å². The third-order valence-electron chi connectivity index (χ3n) is 5.65. The fourth-order valence-electron chi connectivity index (χ4n) is 3.13. The molecule has 0 saturated carbocycles. The Morgan fingerprint density at radius 2 is 1.44 bits per heavy atom. The molecule has 0 aliphatic rings. The maximum Gasteiger partial charge on any atom is 0.326 e. The van der Waals surface area contributed by atoms with E-state index in [9.17, 15) is 29.1 Å². The highest BCUT2D eigenvalue weighted by atomic mass is 16.4. The fourth-order valence-corrected chi connectivity index (χ4v) is 3.13. The van der Waals surface area contributed by atoms with E-state index in [1.807, 2.05) is 6.92 Å². The van der Waals surface area contributed by atoms with Gasteiger partial charge in [0.1, 0.15) is 18.1 Å². The van der Waals surface area contributed by atoms with Crippen molar-refractivity contribution in [1.29, 1.82) is 0 Å². The van der Waals surface area contributed by atoms with Gasteiger partial charge in [0.2, 0.25) is 17.7 Å². The zero-order chi connectivity index (χ0) is 28.0. The molecule has 0 radical (unpaired) electrons. The molecule has 0 bridgehead atoms. The number of carboxylic acids is 2. The Labute approximate surface area is 210 Å². The Morgan fingerprint density at radius 1 is 0.861 bits per heavy atom. The molecule has 0 aromatic heterocycles. The number of hydrogen-bond acceptors (Lipinski definition) is 7. The van der Waals surface area contributed by atoms with Crippen LogP contribution < -0.4 is 33.2 Å². The number of aliphatic carboxylic acids is 2. The van der Waals surface area contributed by atoms with Crippen molar-refractivity contribution in [3.05, 3.63) is 0 Å². The average molecular weight is 516 g/mol. The van der Waals surface area contributed by atoms with E-state index in [0.717, 1.165) is 0 Å². The van der Waals surface area contributed by atoms with Crippen LogP contribution in [0.25, 0.3) is 0 Å². The Bertz CT molecular complexity index is 800. The van der Waals surface area contributed by atoms with Gasteiger partial charge in [-0.25, -0.2) is 4.79 Å². The molecular formula is C22H41N7O7. The van der Waals surface area contributed by atoms with Gasteiger partial charge in [0.05, 0.1) is 6.04 Å². The minimum absolute atomic E-state index is 0.119. The summed E-state index contributed by atoms with van der Waals surface area (Å²) in [6.45, 7) is 7.17. The number of nitrogens with two attached hydrogens (primary N) is 3. The van der Waals surface area contributed by atoms with Gasteiger partial charge in [0.15, 0.2) is 5.96 Å². The minimum Gasteiger partial charge on any atom is -0.481 e. The molecular weight excluding hydrogens is 474 g/mol. The first-order chi connectivity index (χ1) is 16.7. The third-order valence-corrected chi connectivity index (χ3v) is 5.65. The Morgan fingerprint density at radius 3 is 1.92 bits per heavy atom. The Hall–Kier alpha value is -3.42. The van der Waals surface area contributed by atoms with Crippen molar-refractivity contribution in [1.82, 2.24) is 16.0 Å². The van der Waals surface area contributed by atoms with E-state index >= 15 is 0 Å². The SMILES string of the molecule is CCC(C)C(N)C(=O)NC(CCCN=C(N)N)C(=O)NC(C(=O)NC(CCC(=O)O)C(=O)O)C(C)C. The molecule has 0 heterocycles. The summed E-state index contributed by atoms with van der Waals surface area (Å²) in [6, 6.07) is -4.50. The molecule has 5 atom stereocenters. The number of guanidine groups is 1. The lowest BCUT2D eigenvalue weighted by molar-refractivity contribution is -0.143. The van der Waals surface area contributed by atoms with Crippen LogP contribution in [-0.4, -0.2) is 76.5 Å². The molecule has 0 aliphatic carbocycles. The highest BCUT2D eigenvalue weighted by Gasteiger charge is 2.32. The van der Waals surface area contributed by atoms with E-state index in [1.54, 1.807) is 20.8 Å². The molecule has 0 aromatic carbocycles. The van der Waals surface area contributed by atoms with E-state index in [0.29, 0.717) is 12.8 Å². The van der Waals surface area contributed by atoms with Crippen molar-refractivity contribution in [2.45, 2.75) is 84.0 Å². The second-order valence-corrected chi connectivity index (χ2v) is 8.98. The summed E-state index contributed by atoms with van der Waals surface area (Å²) in [6.07, 6.45) is 0.342. The van der Waals surface area contributed by atoms with Crippen LogP contribution >= 0.6 is 0 Å². The Kier molecular flexibility index (Phi) is 14.7. The van der Waals surface area contributed by atoms with E-state index in [-0.39, 0.29) is 31.3 Å². The molecule has 14 nitrogen and oxygen atoms in total. The van der Waals surface area contributed by atoms with Crippen LogP contribution in [0.15, 0.2) is 4.99 Å². The zero-order valence-corrected chi connectivity index (χ0v) is 21.3. The molecule has 0 rings (SSSR count). The molecule has 0 aliphatic heterocycles. The van der Waals surface area contributed by atoms with Gasteiger partial charge in [-0.05, 0) is 31.1 Å². The van der Waals surface area contributed by atoms with E-state index in [1.165, 1.54) is 0 Å². The smallest absolute Gasteiger partial charge is 0.326 e. The van der Waals surface area contributed by atoms with Crippen molar-refractivity contribution >= 4 is 35.6 Å². The number of hydrogen-bond donors (Lipinski definition) is 8.